The number of hydrogen-bond acceptors (Lipinski definition) is 6. The van der Waals surface area contributed by atoms with E-state index in [1.807, 2.05) is 0 Å². The Morgan fingerprint density at radius 1 is 1.24 bits per heavy atom. The molecule has 0 saturated heterocycles. The second-order valence-corrected chi connectivity index (χ2v) is 8.09. The Hall–Kier alpha value is -2.23. The summed E-state index contributed by atoms with van der Waals surface area (Å²) in [4.78, 5) is 23.6. The molecule has 7 nitrogen and oxygen atoms in total. The van der Waals surface area contributed by atoms with Gasteiger partial charge in [-0.3, -0.25) is 4.79 Å². The van der Waals surface area contributed by atoms with Crippen LogP contribution in [0.15, 0.2) is 39.9 Å². The number of aryl methyl sites for hydroxylation is 1. The molecule has 1 aromatic heterocycles. The van der Waals surface area contributed by atoms with Crippen LogP contribution in [0.2, 0.25) is 0 Å². The van der Waals surface area contributed by atoms with Crippen LogP contribution >= 0.6 is 11.3 Å². The van der Waals surface area contributed by atoms with Gasteiger partial charge in [0.15, 0.2) is 0 Å². The molecule has 2 aromatic rings. The van der Waals surface area contributed by atoms with Crippen LogP contribution in [0.25, 0.3) is 0 Å². The van der Waals surface area contributed by atoms with Crippen molar-refractivity contribution in [2.75, 3.05) is 19.0 Å². The smallest absolute Gasteiger partial charge is 0.337 e. The van der Waals surface area contributed by atoms with Crippen molar-refractivity contribution < 1.29 is 22.7 Å². The largest absolute Gasteiger partial charge is 0.465 e. The molecule has 0 radical (unpaired) electrons. The van der Waals surface area contributed by atoms with Crippen molar-refractivity contribution in [3.8, 4) is 0 Å². The Labute approximate surface area is 150 Å². The zero-order valence-corrected chi connectivity index (χ0v) is 15.4. The molecule has 0 aliphatic heterocycles. The van der Waals surface area contributed by atoms with Crippen LogP contribution in [-0.2, 0) is 19.6 Å². The van der Waals surface area contributed by atoms with E-state index in [2.05, 4.69) is 14.8 Å². The van der Waals surface area contributed by atoms with Crippen LogP contribution in [0.3, 0.4) is 0 Å². The summed E-state index contributed by atoms with van der Waals surface area (Å²) in [7, 11) is -2.31. The van der Waals surface area contributed by atoms with Crippen LogP contribution in [-0.4, -0.2) is 33.9 Å². The van der Waals surface area contributed by atoms with Gasteiger partial charge in [-0.1, -0.05) is 12.1 Å². The third-order valence-electron chi connectivity index (χ3n) is 3.34. The van der Waals surface area contributed by atoms with Crippen LogP contribution in [0.5, 0.6) is 0 Å². The summed E-state index contributed by atoms with van der Waals surface area (Å²) in [6, 6.07) is 7.96. The minimum absolute atomic E-state index is 0.0260. The van der Waals surface area contributed by atoms with Gasteiger partial charge < -0.3 is 10.1 Å². The first-order chi connectivity index (χ1) is 11.8. The fourth-order valence-electron chi connectivity index (χ4n) is 2.00. The SMILES string of the molecule is COC(=O)c1ccc(C)c(NC(=O)CCNS(=O)(=O)c2cccs2)c1. The van der Waals surface area contributed by atoms with E-state index in [4.69, 9.17) is 0 Å². The van der Waals surface area contributed by atoms with Gasteiger partial charge in [0.1, 0.15) is 4.21 Å². The number of carbonyl (C=O) groups is 2. The quantitative estimate of drug-likeness (QED) is 0.715. The van der Waals surface area contributed by atoms with Crippen LogP contribution in [0.1, 0.15) is 22.3 Å². The summed E-state index contributed by atoms with van der Waals surface area (Å²) in [5.41, 5.74) is 1.58. The van der Waals surface area contributed by atoms with Crippen LogP contribution in [0, 0.1) is 6.92 Å². The van der Waals surface area contributed by atoms with Gasteiger partial charge in [0.05, 0.1) is 12.7 Å². The van der Waals surface area contributed by atoms with Crippen molar-refractivity contribution in [2.45, 2.75) is 17.6 Å². The average molecular weight is 382 g/mol. The predicted octanol–water partition coefficient (Wildman–Crippen LogP) is 2.15. The number of sulfonamides is 1. The van der Waals surface area contributed by atoms with Crippen molar-refractivity contribution >= 4 is 38.9 Å². The van der Waals surface area contributed by atoms with Crippen molar-refractivity contribution in [3.05, 3.63) is 46.8 Å². The minimum Gasteiger partial charge on any atom is -0.465 e. The number of anilines is 1. The summed E-state index contributed by atoms with van der Waals surface area (Å²) < 4.78 is 31.1. The van der Waals surface area contributed by atoms with E-state index in [1.54, 1.807) is 30.5 Å². The highest BCUT2D eigenvalue weighted by Crippen LogP contribution is 2.18. The lowest BCUT2D eigenvalue weighted by atomic mass is 10.1. The second-order valence-electron chi connectivity index (χ2n) is 5.15. The fraction of sp³-hybridized carbons (Fsp3) is 0.250. The minimum atomic E-state index is -3.59. The zero-order chi connectivity index (χ0) is 18.4. The molecule has 2 N–H and O–H groups in total. The van der Waals surface area contributed by atoms with Gasteiger partial charge in [0, 0.05) is 18.7 Å². The highest BCUT2D eigenvalue weighted by atomic mass is 32.2. The van der Waals surface area contributed by atoms with E-state index < -0.39 is 16.0 Å². The molecule has 0 unspecified atom stereocenters. The molecular weight excluding hydrogens is 364 g/mol. The molecule has 2 rings (SSSR count). The van der Waals surface area contributed by atoms with E-state index in [0.717, 1.165) is 16.9 Å². The number of rotatable bonds is 7. The normalized spacial score (nSPS) is 11.1. The molecular formula is C16H18N2O5S2. The Morgan fingerprint density at radius 3 is 2.64 bits per heavy atom. The summed E-state index contributed by atoms with van der Waals surface area (Å²) in [6.45, 7) is 1.76. The first-order valence-corrected chi connectivity index (χ1v) is 9.72. The van der Waals surface area contributed by atoms with E-state index in [-0.39, 0.29) is 23.1 Å². The number of amides is 1. The number of ether oxygens (including phenoxy) is 1. The van der Waals surface area contributed by atoms with Gasteiger partial charge in [-0.25, -0.2) is 17.9 Å². The Balaban J connectivity index is 1.93. The van der Waals surface area contributed by atoms with Gasteiger partial charge in [0.25, 0.3) is 0 Å². The number of carbonyl (C=O) groups excluding carboxylic acids is 2. The molecule has 0 fully saturated rings. The molecule has 25 heavy (non-hydrogen) atoms. The molecule has 0 spiro atoms. The number of methoxy groups -OCH3 is 1. The van der Waals surface area contributed by atoms with Crippen molar-refractivity contribution in [1.82, 2.24) is 4.72 Å². The third kappa shape index (κ3) is 5.12. The average Bonchev–Trinajstić information content (AvgIpc) is 3.11. The lowest BCUT2D eigenvalue weighted by Crippen LogP contribution is -2.27. The van der Waals surface area contributed by atoms with E-state index in [9.17, 15) is 18.0 Å². The first-order valence-electron chi connectivity index (χ1n) is 7.35. The molecule has 0 atom stereocenters. The third-order valence-corrected chi connectivity index (χ3v) is 6.20. The zero-order valence-electron chi connectivity index (χ0n) is 13.7. The molecule has 0 aliphatic rings. The molecule has 0 saturated carbocycles. The van der Waals surface area contributed by atoms with Gasteiger partial charge in [-0.05, 0) is 36.1 Å². The topological polar surface area (TPSA) is 102 Å². The highest BCUT2D eigenvalue weighted by Gasteiger charge is 2.15. The summed E-state index contributed by atoms with van der Waals surface area (Å²) in [5.74, 6) is -0.863. The predicted molar refractivity (Wildman–Crippen MR) is 95.3 cm³/mol. The summed E-state index contributed by atoms with van der Waals surface area (Å²) >= 11 is 1.10. The standard InChI is InChI=1S/C16H18N2O5S2/c1-11-5-6-12(16(20)23-2)10-13(11)18-14(19)7-8-17-25(21,22)15-4-3-9-24-15/h3-6,9-10,17H,7-8H2,1-2H3,(H,18,19). The molecule has 1 amide bonds. The lowest BCUT2D eigenvalue weighted by Gasteiger charge is -2.10. The van der Waals surface area contributed by atoms with Crippen molar-refractivity contribution in [1.29, 1.82) is 0 Å². The van der Waals surface area contributed by atoms with E-state index in [1.165, 1.54) is 19.2 Å². The van der Waals surface area contributed by atoms with Gasteiger partial charge >= 0.3 is 5.97 Å². The van der Waals surface area contributed by atoms with Crippen LogP contribution in [0.4, 0.5) is 5.69 Å². The summed E-state index contributed by atoms with van der Waals surface area (Å²) in [6.07, 6.45) is -0.0352. The van der Waals surface area contributed by atoms with Crippen LogP contribution < -0.4 is 10.0 Å². The lowest BCUT2D eigenvalue weighted by molar-refractivity contribution is -0.116. The number of nitrogens with one attached hydrogen (secondary N) is 2. The van der Waals surface area contributed by atoms with Crippen molar-refractivity contribution in [2.24, 2.45) is 0 Å². The molecule has 1 heterocycles. The van der Waals surface area contributed by atoms with E-state index >= 15 is 0 Å². The molecule has 1 aromatic carbocycles. The molecule has 0 aliphatic carbocycles. The Bertz CT molecular complexity index is 861. The molecule has 134 valence electrons. The van der Waals surface area contributed by atoms with Gasteiger partial charge in [-0.2, -0.15) is 0 Å². The maximum absolute atomic E-state index is 12.0. The Kier molecular flexibility index (Phi) is 6.29. The number of hydrogen-bond donors (Lipinski definition) is 2. The van der Waals surface area contributed by atoms with E-state index in [0.29, 0.717) is 11.3 Å². The number of benzene rings is 1. The van der Waals surface area contributed by atoms with Gasteiger partial charge in [0.2, 0.25) is 15.9 Å². The molecule has 9 heteroatoms. The van der Waals surface area contributed by atoms with Gasteiger partial charge in [-0.15, -0.1) is 11.3 Å². The first kappa shape index (κ1) is 19.1. The summed E-state index contributed by atoms with van der Waals surface area (Å²) in [5, 5.41) is 4.34. The second kappa shape index (κ2) is 8.24. The number of esters is 1. The molecule has 0 bridgehead atoms. The van der Waals surface area contributed by atoms with Crippen molar-refractivity contribution in [3.63, 3.8) is 0 Å². The maximum Gasteiger partial charge on any atom is 0.337 e. The fourth-order valence-corrected chi connectivity index (χ4v) is 4.07. The highest BCUT2D eigenvalue weighted by molar-refractivity contribution is 7.91. The number of thiophene rings is 1. The monoisotopic (exact) mass is 382 g/mol. The Morgan fingerprint density at radius 2 is 2.00 bits per heavy atom. The maximum atomic E-state index is 12.0.